The first-order valence-corrected chi connectivity index (χ1v) is 6.66. The van der Waals surface area contributed by atoms with Crippen LogP contribution in [0.5, 0.6) is 0 Å². The highest BCUT2D eigenvalue weighted by atomic mass is 16.5. The number of aromatic nitrogens is 2. The second-order valence-electron chi connectivity index (χ2n) is 4.57. The first-order valence-electron chi connectivity index (χ1n) is 6.66. The van der Waals surface area contributed by atoms with E-state index < -0.39 is 0 Å². The smallest absolute Gasteiger partial charge is 0.225 e. The molecule has 0 atom stereocenters. The first-order chi connectivity index (χ1) is 9.29. The van der Waals surface area contributed by atoms with E-state index in [2.05, 4.69) is 20.2 Å². The normalized spacial score (nSPS) is 15.8. The van der Waals surface area contributed by atoms with Gasteiger partial charge in [0.05, 0.1) is 25.5 Å². The quantitative estimate of drug-likeness (QED) is 0.750. The molecule has 106 valence electrons. The second-order valence-corrected chi connectivity index (χ2v) is 4.57. The summed E-state index contributed by atoms with van der Waals surface area (Å²) in [5.41, 5.74) is 2.02. The Morgan fingerprint density at radius 1 is 1.37 bits per heavy atom. The Kier molecular flexibility index (Phi) is 5.50. The molecule has 0 saturated carbocycles. The fourth-order valence-corrected chi connectivity index (χ4v) is 2.00. The molecule has 1 aromatic rings. The van der Waals surface area contributed by atoms with Crippen LogP contribution in [0.1, 0.15) is 11.4 Å². The number of methoxy groups -OCH3 is 1. The van der Waals surface area contributed by atoms with Gasteiger partial charge in [-0.3, -0.25) is 0 Å². The van der Waals surface area contributed by atoms with Gasteiger partial charge in [0.15, 0.2) is 0 Å². The Morgan fingerprint density at radius 3 is 2.89 bits per heavy atom. The highest BCUT2D eigenvalue weighted by molar-refractivity contribution is 5.32. The van der Waals surface area contributed by atoms with Crippen LogP contribution in [0.4, 0.5) is 5.95 Å². The average Bonchev–Trinajstić information content (AvgIpc) is 2.44. The van der Waals surface area contributed by atoms with E-state index in [1.807, 2.05) is 13.0 Å². The third-order valence-corrected chi connectivity index (χ3v) is 2.98. The summed E-state index contributed by atoms with van der Waals surface area (Å²) in [5.74, 6) is 0.812. The Balaban J connectivity index is 1.97. The van der Waals surface area contributed by atoms with Crippen molar-refractivity contribution >= 4 is 5.95 Å². The Morgan fingerprint density at radius 2 is 2.16 bits per heavy atom. The molecule has 1 aliphatic heterocycles. The molecule has 19 heavy (non-hydrogen) atoms. The molecule has 0 amide bonds. The molecule has 0 unspecified atom stereocenters. The monoisotopic (exact) mass is 266 g/mol. The van der Waals surface area contributed by atoms with Crippen molar-refractivity contribution in [1.82, 2.24) is 15.3 Å². The molecule has 1 fully saturated rings. The molecule has 1 aromatic heterocycles. The van der Waals surface area contributed by atoms with E-state index in [9.17, 15) is 0 Å². The lowest BCUT2D eigenvalue weighted by Crippen LogP contribution is -2.37. The minimum absolute atomic E-state index is 0.709. The number of ether oxygens (including phenoxy) is 2. The second kappa shape index (κ2) is 7.37. The van der Waals surface area contributed by atoms with Crippen molar-refractivity contribution in [2.75, 3.05) is 51.5 Å². The molecule has 0 bridgehead atoms. The van der Waals surface area contributed by atoms with Gasteiger partial charge in [0.25, 0.3) is 0 Å². The molecular weight excluding hydrogens is 244 g/mol. The van der Waals surface area contributed by atoms with Gasteiger partial charge >= 0.3 is 0 Å². The summed E-state index contributed by atoms with van der Waals surface area (Å²) in [7, 11) is 1.70. The number of nitrogens with zero attached hydrogens (tertiary/aromatic N) is 3. The molecule has 1 N–H and O–H groups in total. The molecule has 6 heteroatoms. The van der Waals surface area contributed by atoms with E-state index >= 15 is 0 Å². The summed E-state index contributed by atoms with van der Waals surface area (Å²) in [5, 5.41) is 3.30. The van der Waals surface area contributed by atoms with E-state index in [-0.39, 0.29) is 0 Å². The predicted molar refractivity (Wildman–Crippen MR) is 73.4 cm³/mol. The fraction of sp³-hybridized carbons (Fsp3) is 0.692. The number of nitrogens with one attached hydrogen (secondary N) is 1. The van der Waals surface area contributed by atoms with Crippen LogP contribution in [0.25, 0.3) is 0 Å². The number of anilines is 1. The predicted octanol–water partition coefficient (Wildman–Crippen LogP) is 0.358. The van der Waals surface area contributed by atoms with Crippen LogP contribution in [-0.4, -0.2) is 56.5 Å². The highest BCUT2D eigenvalue weighted by Gasteiger charge is 2.14. The van der Waals surface area contributed by atoms with Crippen LogP contribution in [0, 0.1) is 6.92 Å². The van der Waals surface area contributed by atoms with Crippen LogP contribution in [-0.2, 0) is 16.0 Å². The molecule has 2 heterocycles. The maximum Gasteiger partial charge on any atom is 0.225 e. The van der Waals surface area contributed by atoms with E-state index in [4.69, 9.17) is 9.47 Å². The highest BCUT2D eigenvalue weighted by Crippen LogP contribution is 2.12. The Hall–Kier alpha value is -1.24. The largest absolute Gasteiger partial charge is 0.383 e. The molecule has 0 aromatic carbocycles. The van der Waals surface area contributed by atoms with Crippen LogP contribution in [0.15, 0.2) is 6.07 Å². The number of aryl methyl sites for hydroxylation is 1. The first kappa shape index (κ1) is 14.2. The van der Waals surface area contributed by atoms with Gasteiger partial charge in [-0.2, -0.15) is 0 Å². The molecular formula is C13H22N4O2. The van der Waals surface area contributed by atoms with Gasteiger partial charge in [-0.05, 0) is 13.0 Å². The van der Waals surface area contributed by atoms with Gasteiger partial charge in [0.1, 0.15) is 0 Å². The van der Waals surface area contributed by atoms with E-state index in [0.29, 0.717) is 6.61 Å². The Bertz CT molecular complexity index is 394. The van der Waals surface area contributed by atoms with E-state index in [1.54, 1.807) is 7.11 Å². The molecule has 0 aliphatic carbocycles. The van der Waals surface area contributed by atoms with Crippen LogP contribution >= 0.6 is 0 Å². The molecule has 0 radical (unpaired) electrons. The number of hydrogen-bond acceptors (Lipinski definition) is 6. The van der Waals surface area contributed by atoms with Crippen molar-refractivity contribution in [1.29, 1.82) is 0 Å². The van der Waals surface area contributed by atoms with Gasteiger partial charge < -0.3 is 19.7 Å². The number of hydrogen-bond donors (Lipinski definition) is 1. The van der Waals surface area contributed by atoms with Crippen molar-refractivity contribution < 1.29 is 9.47 Å². The van der Waals surface area contributed by atoms with Gasteiger partial charge in [-0.1, -0.05) is 0 Å². The zero-order chi connectivity index (χ0) is 13.5. The third kappa shape index (κ3) is 4.41. The van der Waals surface area contributed by atoms with Crippen LogP contribution in [0.2, 0.25) is 0 Å². The standard InChI is InChI=1S/C13H22N4O2/c1-11-9-12(10-14-3-6-18-2)16-13(15-11)17-4-7-19-8-5-17/h9,14H,3-8,10H2,1-2H3. The lowest BCUT2D eigenvalue weighted by atomic mass is 10.3. The summed E-state index contributed by atoms with van der Waals surface area (Å²) < 4.78 is 10.4. The summed E-state index contributed by atoms with van der Waals surface area (Å²) in [6, 6.07) is 2.02. The SMILES string of the molecule is COCCNCc1cc(C)nc(N2CCOCC2)n1. The van der Waals surface area contributed by atoms with Gasteiger partial charge in [0, 0.05) is 39.0 Å². The van der Waals surface area contributed by atoms with Crippen molar-refractivity contribution in [3.63, 3.8) is 0 Å². The van der Waals surface area contributed by atoms with E-state index in [0.717, 1.165) is 56.7 Å². The lowest BCUT2D eigenvalue weighted by Gasteiger charge is -2.27. The van der Waals surface area contributed by atoms with Crippen molar-refractivity contribution in [2.24, 2.45) is 0 Å². The molecule has 0 spiro atoms. The summed E-state index contributed by atoms with van der Waals surface area (Å²) in [6.45, 7) is 7.50. The minimum atomic E-state index is 0.709. The summed E-state index contributed by atoms with van der Waals surface area (Å²) in [6.07, 6.45) is 0. The summed E-state index contributed by atoms with van der Waals surface area (Å²) >= 11 is 0. The maximum absolute atomic E-state index is 5.35. The number of morpholine rings is 1. The summed E-state index contributed by atoms with van der Waals surface area (Å²) in [4.78, 5) is 11.3. The lowest BCUT2D eigenvalue weighted by molar-refractivity contribution is 0.122. The maximum atomic E-state index is 5.35. The average molecular weight is 266 g/mol. The third-order valence-electron chi connectivity index (χ3n) is 2.98. The molecule has 6 nitrogen and oxygen atoms in total. The molecule has 1 saturated heterocycles. The van der Waals surface area contributed by atoms with Crippen LogP contribution < -0.4 is 10.2 Å². The van der Waals surface area contributed by atoms with Crippen LogP contribution in [0.3, 0.4) is 0 Å². The van der Waals surface area contributed by atoms with Crippen molar-refractivity contribution in [3.05, 3.63) is 17.5 Å². The molecule has 2 rings (SSSR count). The van der Waals surface area contributed by atoms with Gasteiger partial charge in [-0.25, -0.2) is 9.97 Å². The minimum Gasteiger partial charge on any atom is -0.383 e. The van der Waals surface area contributed by atoms with Gasteiger partial charge in [0.2, 0.25) is 5.95 Å². The van der Waals surface area contributed by atoms with E-state index in [1.165, 1.54) is 0 Å². The fourth-order valence-electron chi connectivity index (χ4n) is 2.00. The zero-order valence-electron chi connectivity index (χ0n) is 11.7. The van der Waals surface area contributed by atoms with Crippen molar-refractivity contribution in [3.8, 4) is 0 Å². The van der Waals surface area contributed by atoms with Gasteiger partial charge in [-0.15, -0.1) is 0 Å². The van der Waals surface area contributed by atoms with Crippen molar-refractivity contribution in [2.45, 2.75) is 13.5 Å². The molecule has 1 aliphatic rings. The Labute approximate surface area is 114 Å². The topological polar surface area (TPSA) is 59.5 Å². The zero-order valence-corrected chi connectivity index (χ0v) is 11.7. The number of rotatable bonds is 6.